The standard InChI is InChI=1S/C21H21FN4O3S2/c1-13-8-9-17(11-14(13)2)31(28,29)26-10-4-7-18(26)20-24-25-21(30-20)19(27)23-16-6-3-5-15(22)12-16/h3,5-6,8-9,11-12,18H,4,7,10H2,1-2H3,(H,23,27)/t18-/m1/s1. The van der Waals surface area contributed by atoms with Gasteiger partial charge in [0.25, 0.3) is 5.91 Å². The maximum Gasteiger partial charge on any atom is 0.286 e. The Morgan fingerprint density at radius 2 is 1.97 bits per heavy atom. The number of nitrogens with zero attached hydrogens (tertiary/aromatic N) is 3. The zero-order valence-electron chi connectivity index (χ0n) is 17.0. The molecule has 7 nitrogen and oxygen atoms in total. The van der Waals surface area contributed by atoms with Gasteiger partial charge < -0.3 is 5.32 Å². The number of sulfonamides is 1. The van der Waals surface area contributed by atoms with E-state index in [9.17, 15) is 17.6 Å². The molecule has 31 heavy (non-hydrogen) atoms. The van der Waals surface area contributed by atoms with Crippen LogP contribution in [0.15, 0.2) is 47.4 Å². The van der Waals surface area contributed by atoms with E-state index < -0.39 is 27.8 Å². The SMILES string of the molecule is Cc1ccc(S(=O)(=O)N2CCC[C@@H]2c2nnc(C(=O)Nc3cccc(F)c3)s2)cc1C. The third-order valence-corrected chi connectivity index (χ3v) is 8.22. The van der Waals surface area contributed by atoms with Gasteiger partial charge in [-0.05, 0) is 68.1 Å². The zero-order chi connectivity index (χ0) is 22.2. The normalized spacial score (nSPS) is 17.1. The molecule has 4 rings (SSSR count). The van der Waals surface area contributed by atoms with E-state index in [2.05, 4.69) is 15.5 Å². The van der Waals surface area contributed by atoms with Crippen molar-refractivity contribution in [1.29, 1.82) is 0 Å². The highest BCUT2D eigenvalue weighted by Crippen LogP contribution is 2.38. The lowest BCUT2D eigenvalue weighted by molar-refractivity contribution is 0.102. The Hall–Kier alpha value is -2.69. The van der Waals surface area contributed by atoms with Crippen molar-refractivity contribution in [2.75, 3.05) is 11.9 Å². The van der Waals surface area contributed by atoms with Gasteiger partial charge in [0.05, 0.1) is 10.9 Å². The monoisotopic (exact) mass is 460 g/mol. The molecular weight excluding hydrogens is 439 g/mol. The topological polar surface area (TPSA) is 92.3 Å². The molecule has 1 aromatic heterocycles. The Labute approximate surface area is 184 Å². The molecule has 3 aromatic rings. The summed E-state index contributed by atoms with van der Waals surface area (Å²) in [5.41, 5.74) is 2.24. The number of nitrogens with one attached hydrogen (secondary N) is 1. The number of carbonyl (C=O) groups excluding carboxylic acids is 1. The van der Waals surface area contributed by atoms with Crippen molar-refractivity contribution in [3.63, 3.8) is 0 Å². The summed E-state index contributed by atoms with van der Waals surface area (Å²) in [7, 11) is -3.71. The smallest absolute Gasteiger partial charge is 0.286 e. The Morgan fingerprint density at radius 1 is 1.16 bits per heavy atom. The molecule has 0 unspecified atom stereocenters. The van der Waals surface area contributed by atoms with Crippen LogP contribution in [0.3, 0.4) is 0 Å². The van der Waals surface area contributed by atoms with Crippen LogP contribution in [-0.4, -0.2) is 35.4 Å². The van der Waals surface area contributed by atoms with Crippen LogP contribution in [0.2, 0.25) is 0 Å². The minimum atomic E-state index is -3.71. The second kappa shape index (κ2) is 8.45. The first-order valence-electron chi connectivity index (χ1n) is 9.75. The summed E-state index contributed by atoms with van der Waals surface area (Å²) >= 11 is 1.05. The van der Waals surface area contributed by atoms with Gasteiger partial charge in [-0.15, -0.1) is 10.2 Å². The molecule has 0 spiro atoms. The number of benzene rings is 2. The molecule has 1 N–H and O–H groups in total. The Morgan fingerprint density at radius 3 is 2.71 bits per heavy atom. The third-order valence-electron chi connectivity index (χ3n) is 5.29. The zero-order valence-corrected chi connectivity index (χ0v) is 18.6. The summed E-state index contributed by atoms with van der Waals surface area (Å²) in [6.45, 7) is 4.19. The molecule has 0 bridgehead atoms. The van der Waals surface area contributed by atoms with Crippen LogP contribution in [0.1, 0.15) is 44.8 Å². The Balaban J connectivity index is 1.56. The number of amides is 1. The minimum Gasteiger partial charge on any atom is -0.320 e. The van der Waals surface area contributed by atoms with Crippen molar-refractivity contribution in [1.82, 2.24) is 14.5 Å². The quantitative estimate of drug-likeness (QED) is 0.620. The fourth-order valence-corrected chi connectivity index (χ4v) is 6.20. The summed E-state index contributed by atoms with van der Waals surface area (Å²) < 4.78 is 41.3. The highest BCUT2D eigenvalue weighted by Gasteiger charge is 2.38. The number of aromatic nitrogens is 2. The van der Waals surface area contributed by atoms with Gasteiger partial charge in [-0.1, -0.05) is 23.5 Å². The van der Waals surface area contributed by atoms with Gasteiger partial charge in [0.15, 0.2) is 0 Å². The first-order chi connectivity index (χ1) is 14.8. The van der Waals surface area contributed by atoms with Gasteiger partial charge in [0.2, 0.25) is 15.0 Å². The molecule has 1 atom stereocenters. The van der Waals surface area contributed by atoms with E-state index in [0.29, 0.717) is 30.1 Å². The summed E-state index contributed by atoms with van der Waals surface area (Å²) in [5.74, 6) is -0.982. The van der Waals surface area contributed by atoms with Gasteiger partial charge in [-0.3, -0.25) is 4.79 Å². The Kier molecular flexibility index (Phi) is 5.87. The largest absolute Gasteiger partial charge is 0.320 e. The predicted octanol–water partition coefficient (Wildman–Crippen LogP) is 4.07. The lowest BCUT2D eigenvalue weighted by atomic mass is 10.1. The molecule has 2 heterocycles. The fraction of sp³-hybridized carbons (Fsp3) is 0.286. The van der Waals surface area contributed by atoms with E-state index in [4.69, 9.17) is 0 Å². The molecule has 1 amide bonds. The van der Waals surface area contributed by atoms with Gasteiger partial charge in [0.1, 0.15) is 10.8 Å². The van der Waals surface area contributed by atoms with Gasteiger partial charge in [-0.2, -0.15) is 4.31 Å². The van der Waals surface area contributed by atoms with E-state index in [1.54, 1.807) is 24.3 Å². The van der Waals surface area contributed by atoms with Crippen molar-refractivity contribution in [2.24, 2.45) is 0 Å². The lowest BCUT2D eigenvalue weighted by Crippen LogP contribution is -2.30. The highest BCUT2D eigenvalue weighted by atomic mass is 32.2. The molecule has 0 saturated carbocycles. The number of carbonyl (C=O) groups is 1. The van der Waals surface area contributed by atoms with Crippen LogP contribution >= 0.6 is 11.3 Å². The van der Waals surface area contributed by atoms with Crippen LogP contribution in [0, 0.1) is 19.7 Å². The molecule has 0 radical (unpaired) electrons. The van der Waals surface area contributed by atoms with Crippen LogP contribution in [0.4, 0.5) is 10.1 Å². The van der Waals surface area contributed by atoms with E-state index >= 15 is 0 Å². The van der Waals surface area contributed by atoms with Crippen molar-refractivity contribution >= 4 is 33.0 Å². The van der Waals surface area contributed by atoms with E-state index in [-0.39, 0.29) is 9.90 Å². The van der Waals surface area contributed by atoms with E-state index in [1.165, 1.54) is 22.5 Å². The fourth-order valence-electron chi connectivity index (χ4n) is 3.50. The van der Waals surface area contributed by atoms with Gasteiger partial charge in [0, 0.05) is 12.2 Å². The molecule has 0 aliphatic carbocycles. The summed E-state index contributed by atoms with van der Waals surface area (Å²) in [5, 5.41) is 11.2. The first kappa shape index (κ1) is 21.5. The first-order valence-corrected chi connectivity index (χ1v) is 12.0. The van der Waals surface area contributed by atoms with Crippen molar-refractivity contribution in [3.8, 4) is 0 Å². The average molecular weight is 461 g/mol. The molecular formula is C21H21FN4O3S2. The van der Waals surface area contributed by atoms with Crippen LogP contribution in [0.5, 0.6) is 0 Å². The molecule has 10 heteroatoms. The maximum atomic E-state index is 13.3. The predicted molar refractivity (Wildman–Crippen MR) is 116 cm³/mol. The second-order valence-corrected chi connectivity index (χ2v) is 10.3. The average Bonchev–Trinajstić information content (AvgIpc) is 3.39. The van der Waals surface area contributed by atoms with Crippen molar-refractivity contribution in [3.05, 3.63) is 69.4 Å². The highest BCUT2D eigenvalue weighted by molar-refractivity contribution is 7.89. The molecule has 1 fully saturated rings. The van der Waals surface area contributed by atoms with Crippen LogP contribution < -0.4 is 5.32 Å². The van der Waals surface area contributed by atoms with Crippen LogP contribution in [0.25, 0.3) is 0 Å². The Bertz CT molecular complexity index is 1240. The van der Waals surface area contributed by atoms with Crippen molar-refractivity contribution < 1.29 is 17.6 Å². The van der Waals surface area contributed by atoms with Gasteiger partial charge in [-0.25, -0.2) is 12.8 Å². The number of hydrogen-bond donors (Lipinski definition) is 1. The number of hydrogen-bond acceptors (Lipinski definition) is 6. The van der Waals surface area contributed by atoms with Gasteiger partial charge >= 0.3 is 0 Å². The third kappa shape index (κ3) is 4.36. The van der Waals surface area contributed by atoms with E-state index in [1.807, 2.05) is 13.8 Å². The number of halogens is 1. The number of anilines is 1. The maximum absolute atomic E-state index is 13.3. The molecule has 1 saturated heterocycles. The minimum absolute atomic E-state index is 0.0923. The molecule has 162 valence electrons. The molecule has 2 aromatic carbocycles. The number of rotatable bonds is 5. The summed E-state index contributed by atoms with van der Waals surface area (Å²) in [6, 6.07) is 10.2. The molecule has 1 aliphatic rings. The van der Waals surface area contributed by atoms with Crippen molar-refractivity contribution in [2.45, 2.75) is 37.6 Å². The van der Waals surface area contributed by atoms with Crippen LogP contribution in [-0.2, 0) is 10.0 Å². The molecule has 1 aliphatic heterocycles. The number of aryl methyl sites for hydroxylation is 2. The second-order valence-electron chi connectivity index (χ2n) is 7.43. The summed E-state index contributed by atoms with van der Waals surface area (Å²) in [4.78, 5) is 12.7. The van der Waals surface area contributed by atoms with E-state index in [0.717, 1.165) is 22.5 Å². The lowest BCUT2D eigenvalue weighted by Gasteiger charge is -2.22. The summed E-state index contributed by atoms with van der Waals surface area (Å²) in [6.07, 6.45) is 1.30.